The number of aryl methyl sites for hydroxylation is 1. The Morgan fingerprint density at radius 3 is 2.62 bits per heavy atom. The quantitative estimate of drug-likeness (QED) is 0.652. The lowest BCUT2D eigenvalue weighted by Gasteiger charge is -2.08. The van der Waals surface area contributed by atoms with Crippen molar-refractivity contribution in [3.05, 3.63) is 60.0 Å². The molecule has 0 aliphatic heterocycles. The molecule has 0 fully saturated rings. The van der Waals surface area contributed by atoms with E-state index in [4.69, 9.17) is 10.1 Å². The molecule has 0 saturated carbocycles. The molecular weight excluding hydrogens is 300 g/mol. The average Bonchev–Trinajstić information content (AvgIpc) is 3.05. The van der Waals surface area contributed by atoms with Gasteiger partial charge < -0.3 is 15.4 Å². The fourth-order valence-corrected chi connectivity index (χ4v) is 2.46. The molecule has 0 bridgehead atoms. The maximum atomic E-state index is 9.15. The van der Waals surface area contributed by atoms with E-state index < -0.39 is 0 Å². The van der Waals surface area contributed by atoms with Gasteiger partial charge in [-0.25, -0.2) is 4.98 Å². The number of nitrogens with one attached hydrogen (secondary N) is 2. The largest absolute Gasteiger partial charge is 0.395 e. The molecule has 0 aliphatic rings. The summed E-state index contributed by atoms with van der Waals surface area (Å²) in [6, 6.07) is 14.2. The molecule has 24 heavy (non-hydrogen) atoms. The third-order valence-corrected chi connectivity index (χ3v) is 3.89. The fraction of sp³-hybridized carbons (Fsp3) is 0.263. The highest BCUT2D eigenvalue weighted by molar-refractivity contribution is 5.76. The normalized spacial score (nSPS) is 12.3. The van der Waals surface area contributed by atoms with Crippen LogP contribution < -0.4 is 5.32 Å². The van der Waals surface area contributed by atoms with Gasteiger partial charge in [0.2, 0.25) is 0 Å². The van der Waals surface area contributed by atoms with Crippen LogP contribution in [0, 0.1) is 6.92 Å². The van der Waals surface area contributed by atoms with E-state index in [1.807, 2.05) is 25.1 Å². The van der Waals surface area contributed by atoms with Gasteiger partial charge in [0, 0.05) is 17.8 Å². The summed E-state index contributed by atoms with van der Waals surface area (Å²) < 4.78 is 0. The van der Waals surface area contributed by atoms with Crippen molar-refractivity contribution in [3.8, 4) is 22.6 Å². The number of hydrogen-bond acceptors (Lipinski definition) is 4. The first-order valence-electron chi connectivity index (χ1n) is 8.09. The average molecular weight is 322 g/mol. The Hall–Kier alpha value is -2.50. The highest BCUT2D eigenvalue weighted by atomic mass is 16.3. The fourth-order valence-electron chi connectivity index (χ4n) is 2.46. The van der Waals surface area contributed by atoms with E-state index in [-0.39, 0.29) is 12.6 Å². The summed E-state index contributed by atoms with van der Waals surface area (Å²) in [4.78, 5) is 12.6. The van der Waals surface area contributed by atoms with Crippen molar-refractivity contribution in [2.45, 2.75) is 26.4 Å². The summed E-state index contributed by atoms with van der Waals surface area (Å²) in [5.74, 6) is 0.825. The number of nitrogens with zero attached hydrogens (tertiary/aromatic N) is 2. The van der Waals surface area contributed by atoms with Gasteiger partial charge in [0.05, 0.1) is 30.2 Å². The molecule has 3 rings (SSSR count). The Balaban J connectivity index is 1.98. The van der Waals surface area contributed by atoms with Crippen molar-refractivity contribution in [3.63, 3.8) is 0 Å². The molecule has 124 valence electrons. The molecule has 5 nitrogen and oxygen atoms in total. The number of benzene rings is 1. The van der Waals surface area contributed by atoms with Crippen LogP contribution in [0.2, 0.25) is 0 Å². The zero-order valence-corrected chi connectivity index (χ0v) is 14.0. The van der Waals surface area contributed by atoms with Crippen molar-refractivity contribution < 1.29 is 5.11 Å². The Bertz CT molecular complexity index is 781. The molecule has 0 radical (unpaired) electrons. The molecule has 0 saturated heterocycles. The monoisotopic (exact) mass is 322 g/mol. The van der Waals surface area contributed by atoms with Gasteiger partial charge >= 0.3 is 0 Å². The Morgan fingerprint density at radius 2 is 1.96 bits per heavy atom. The third-order valence-electron chi connectivity index (χ3n) is 3.89. The summed E-state index contributed by atoms with van der Waals surface area (Å²) in [5.41, 5.74) is 4.93. The van der Waals surface area contributed by atoms with Crippen molar-refractivity contribution in [2.24, 2.45) is 0 Å². The molecule has 5 heteroatoms. The predicted octanol–water partition coefficient (Wildman–Crippen LogP) is 2.92. The van der Waals surface area contributed by atoms with E-state index in [0.29, 0.717) is 6.54 Å². The van der Waals surface area contributed by atoms with E-state index in [2.05, 4.69) is 46.5 Å². The van der Waals surface area contributed by atoms with E-state index in [9.17, 15) is 0 Å². The highest BCUT2D eigenvalue weighted by Crippen LogP contribution is 2.29. The molecular formula is C19H22N4O. The minimum atomic E-state index is 0.0243. The number of aromatic amines is 1. The summed E-state index contributed by atoms with van der Waals surface area (Å²) in [6.07, 6.45) is 1.78. The van der Waals surface area contributed by atoms with Gasteiger partial charge in [-0.1, -0.05) is 35.9 Å². The summed E-state index contributed by atoms with van der Waals surface area (Å²) in [5, 5.41) is 12.4. The topological polar surface area (TPSA) is 73.8 Å². The number of aliphatic hydroxyl groups excluding tert-OH is 1. The molecule has 0 amide bonds. The molecule has 1 atom stereocenters. The third kappa shape index (κ3) is 3.69. The molecule has 0 aliphatic carbocycles. The lowest BCUT2D eigenvalue weighted by molar-refractivity contribution is 0.250. The van der Waals surface area contributed by atoms with Crippen molar-refractivity contribution in [1.29, 1.82) is 0 Å². The molecule has 3 aromatic rings. The van der Waals surface area contributed by atoms with Crippen LogP contribution in [0.15, 0.2) is 48.7 Å². The second kappa shape index (κ2) is 7.38. The van der Waals surface area contributed by atoms with Crippen LogP contribution in [-0.4, -0.2) is 32.7 Å². The number of aromatic nitrogens is 3. The number of pyridine rings is 1. The Morgan fingerprint density at radius 1 is 1.17 bits per heavy atom. The number of rotatable bonds is 6. The molecule has 2 aromatic heterocycles. The van der Waals surface area contributed by atoms with Crippen molar-refractivity contribution in [2.75, 3.05) is 6.61 Å². The van der Waals surface area contributed by atoms with Crippen LogP contribution in [0.1, 0.15) is 18.3 Å². The van der Waals surface area contributed by atoms with E-state index in [0.717, 1.165) is 28.5 Å². The zero-order chi connectivity index (χ0) is 16.9. The Labute approximate surface area is 141 Å². The van der Waals surface area contributed by atoms with Crippen molar-refractivity contribution in [1.82, 2.24) is 20.3 Å². The summed E-state index contributed by atoms with van der Waals surface area (Å²) in [7, 11) is 0. The standard InChI is InChI=1S/C19H22N4O/c1-13-6-8-15(9-7-13)18-19(16-5-3-4-10-20-16)23-17(22-18)11-21-14(2)12-24/h3-10,14,21,24H,11-12H2,1-2H3,(H,22,23). The lowest BCUT2D eigenvalue weighted by Crippen LogP contribution is -2.29. The summed E-state index contributed by atoms with van der Waals surface area (Å²) >= 11 is 0. The van der Waals surface area contributed by atoms with Crippen LogP contribution in [0.25, 0.3) is 22.6 Å². The molecule has 1 aromatic carbocycles. The van der Waals surface area contributed by atoms with Gasteiger partial charge in [0.15, 0.2) is 0 Å². The first-order chi connectivity index (χ1) is 11.7. The van der Waals surface area contributed by atoms with Gasteiger partial charge in [-0.05, 0) is 26.0 Å². The second-order valence-electron chi connectivity index (χ2n) is 5.95. The molecule has 3 N–H and O–H groups in total. The molecule has 1 unspecified atom stereocenters. The van der Waals surface area contributed by atoms with Crippen LogP contribution in [0.4, 0.5) is 0 Å². The molecule has 0 spiro atoms. The van der Waals surface area contributed by atoms with Crippen molar-refractivity contribution >= 4 is 0 Å². The number of imidazole rings is 1. The number of hydrogen-bond donors (Lipinski definition) is 3. The van der Waals surface area contributed by atoms with Gasteiger partial charge in [-0.2, -0.15) is 0 Å². The smallest absolute Gasteiger partial charge is 0.121 e. The first-order valence-corrected chi connectivity index (χ1v) is 8.09. The van der Waals surface area contributed by atoms with E-state index in [1.54, 1.807) is 6.20 Å². The van der Waals surface area contributed by atoms with Crippen LogP contribution in [0.5, 0.6) is 0 Å². The van der Waals surface area contributed by atoms with E-state index >= 15 is 0 Å². The Kier molecular flexibility index (Phi) is 5.03. The number of H-pyrrole nitrogens is 1. The minimum absolute atomic E-state index is 0.0243. The summed E-state index contributed by atoms with van der Waals surface area (Å²) in [6.45, 7) is 4.66. The van der Waals surface area contributed by atoms with Gasteiger partial charge in [0.1, 0.15) is 5.82 Å². The number of aliphatic hydroxyl groups is 1. The van der Waals surface area contributed by atoms with E-state index in [1.165, 1.54) is 5.56 Å². The second-order valence-corrected chi connectivity index (χ2v) is 5.95. The lowest BCUT2D eigenvalue weighted by atomic mass is 10.1. The van der Waals surface area contributed by atoms with Gasteiger partial charge in [-0.3, -0.25) is 4.98 Å². The van der Waals surface area contributed by atoms with Gasteiger partial charge in [0.25, 0.3) is 0 Å². The minimum Gasteiger partial charge on any atom is -0.395 e. The first kappa shape index (κ1) is 16.4. The highest BCUT2D eigenvalue weighted by Gasteiger charge is 2.15. The van der Waals surface area contributed by atoms with Gasteiger partial charge in [-0.15, -0.1) is 0 Å². The predicted molar refractivity (Wildman–Crippen MR) is 95.4 cm³/mol. The maximum Gasteiger partial charge on any atom is 0.121 e. The van der Waals surface area contributed by atoms with Crippen LogP contribution in [0.3, 0.4) is 0 Å². The maximum absolute atomic E-state index is 9.15. The van der Waals surface area contributed by atoms with Crippen LogP contribution in [-0.2, 0) is 6.54 Å². The molecule has 2 heterocycles. The van der Waals surface area contributed by atoms with Crippen LogP contribution >= 0.6 is 0 Å². The SMILES string of the molecule is Cc1ccc(-c2nc(CNC(C)CO)[nH]c2-c2ccccn2)cc1. The zero-order valence-electron chi connectivity index (χ0n) is 14.0.